The Bertz CT molecular complexity index is 549. The molecule has 1 aromatic rings. The summed E-state index contributed by atoms with van der Waals surface area (Å²) in [5, 5.41) is 3.14. The largest absolute Gasteiger partial charge is 0.383 e. The molecule has 7 heteroatoms. The molecule has 0 bridgehead atoms. The molecular formula is C14H23FN2O3S. The average Bonchev–Trinajstić information content (AvgIpc) is 2.38. The third-order valence-corrected chi connectivity index (χ3v) is 4.44. The zero-order valence-electron chi connectivity index (χ0n) is 12.6. The van der Waals surface area contributed by atoms with Gasteiger partial charge >= 0.3 is 0 Å². The minimum Gasteiger partial charge on any atom is -0.383 e. The van der Waals surface area contributed by atoms with Crippen LogP contribution in [0.15, 0.2) is 23.1 Å². The van der Waals surface area contributed by atoms with Crippen LogP contribution in [0.3, 0.4) is 0 Å². The van der Waals surface area contributed by atoms with Gasteiger partial charge in [0.1, 0.15) is 10.7 Å². The van der Waals surface area contributed by atoms with Gasteiger partial charge in [0.25, 0.3) is 0 Å². The van der Waals surface area contributed by atoms with Crippen LogP contribution in [0.25, 0.3) is 0 Å². The van der Waals surface area contributed by atoms with E-state index in [9.17, 15) is 12.8 Å². The molecule has 1 unspecified atom stereocenters. The highest BCUT2D eigenvalue weighted by atomic mass is 32.2. The second kappa shape index (κ2) is 8.43. The van der Waals surface area contributed by atoms with Gasteiger partial charge in [-0.3, -0.25) is 0 Å². The van der Waals surface area contributed by atoms with Gasteiger partial charge in [0.2, 0.25) is 10.0 Å². The van der Waals surface area contributed by atoms with E-state index in [0.717, 1.165) is 13.0 Å². The molecule has 0 saturated heterocycles. The van der Waals surface area contributed by atoms with Gasteiger partial charge in [-0.05, 0) is 37.6 Å². The molecule has 0 fully saturated rings. The number of halogens is 1. The standard InChI is InChI=1S/C14H23FN2O3S/c1-4-7-16-9-12-5-6-14(13(15)8-12)21(18,19)17-11(2)10-20-3/h5-6,8,11,16-17H,4,7,9-10H2,1-3H3. The Morgan fingerprint density at radius 2 is 2.10 bits per heavy atom. The first-order valence-electron chi connectivity index (χ1n) is 6.91. The summed E-state index contributed by atoms with van der Waals surface area (Å²) in [6.07, 6.45) is 0.982. The van der Waals surface area contributed by atoms with Crippen LogP contribution in [0, 0.1) is 5.82 Å². The Morgan fingerprint density at radius 1 is 1.38 bits per heavy atom. The first kappa shape index (κ1) is 18.0. The zero-order valence-corrected chi connectivity index (χ0v) is 13.5. The van der Waals surface area contributed by atoms with Crippen LogP contribution in [-0.2, 0) is 21.3 Å². The summed E-state index contributed by atoms with van der Waals surface area (Å²) in [7, 11) is -2.40. The maximum absolute atomic E-state index is 14.0. The maximum atomic E-state index is 14.0. The highest BCUT2D eigenvalue weighted by Crippen LogP contribution is 2.16. The predicted molar refractivity (Wildman–Crippen MR) is 80.1 cm³/mol. The van der Waals surface area contributed by atoms with Crippen LogP contribution in [0.1, 0.15) is 25.8 Å². The SMILES string of the molecule is CCCNCc1ccc(S(=O)(=O)NC(C)COC)c(F)c1. The van der Waals surface area contributed by atoms with Gasteiger partial charge in [-0.15, -0.1) is 0 Å². The van der Waals surface area contributed by atoms with Crippen molar-refractivity contribution in [3.63, 3.8) is 0 Å². The molecule has 1 atom stereocenters. The number of rotatable bonds is 9. The lowest BCUT2D eigenvalue weighted by atomic mass is 10.2. The molecule has 2 N–H and O–H groups in total. The molecule has 0 aliphatic carbocycles. The van der Waals surface area contributed by atoms with Gasteiger partial charge in [0.15, 0.2) is 0 Å². The molecule has 5 nitrogen and oxygen atoms in total. The molecule has 0 aromatic heterocycles. The fourth-order valence-corrected chi connectivity index (χ4v) is 3.18. The number of methoxy groups -OCH3 is 1. The number of ether oxygens (including phenoxy) is 1. The molecule has 0 aliphatic heterocycles. The highest BCUT2D eigenvalue weighted by molar-refractivity contribution is 7.89. The first-order chi connectivity index (χ1) is 9.90. The van der Waals surface area contributed by atoms with Gasteiger partial charge in [-0.2, -0.15) is 0 Å². The fourth-order valence-electron chi connectivity index (χ4n) is 1.89. The van der Waals surface area contributed by atoms with Crippen molar-refractivity contribution < 1.29 is 17.5 Å². The third kappa shape index (κ3) is 5.70. The summed E-state index contributed by atoms with van der Waals surface area (Å²) in [5.74, 6) is -0.747. The lowest BCUT2D eigenvalue weighted by Gasteiger charge is -2.14. The van der Waals surface area contributed by atoms with Crippen LogP contribution >= 0.6 is 0 Å². The second-order valence-electron chi connectivity index (χ2n) is 4.92. The summed E-state index contributed by atoms with van der Waals surface area (Å²) in [5.41, 5.74) is 0.713. The van der Waals surface area contributed by atoms with Crippen molar-refractivity contribution in [1.82, 2.24) is 10.0 Å². The first-order valence-corrected chi connectivity index (χ1v) is 8.39. The van der Waals surface area contributed by atoms with Crippen LogP contribution in [0.4, 0.5) is 4.39 Å². The molecule has 0 radical (unpaired) electrons. The van der Waals surface area contributed by atoms with Gasteiger partial charge in [-0.25, -0.2) is 17.5 Å². The quantitative estimate of drug-likeness (QED) is 0.679. The molecule has 21 heavy (non-hydrogen) atoms. The lowest BCUT2D eigenvalue weighted by Crippen LogP contribution is -2.36. The molecule has 0 amide bonds. The van der Waals surface area contributed by atoms with Gasteiger partial charge in [0.05, 0.1) is 6.61 Å². The molecule has 1 aromatic carbocycles. The maximum Gasteiger partial charge on any atom is 0.243 e. The minimum absolute atomic E-state index is 0.222. The van der Waals surface area contributed by atoms with Crippen LogP contribution in [-0.4, -0.2) is 34.7 Å². The van der Waals surface area contributed by atoms with E-state index >= 15 is 0 Å². The lowest BCUT2D eigenvalue weighted by molar-refractivity contribution is 0.180. The van der Waals surface area contributed by atoms with Crippen LogP contribution < -0.4 is 10.0 Å². The smallest absolute Gasteiger partial charge is 0.243 e. The third-order valence-electron chi connectivity index (χ3n) is 2.81. The number of hydrogen-bond donors (Lipinski definition) is 2. The van der Waals surface area contributed by atoms with Crippen molar-refractivity contribution in [2.75, 3.05) is 20.3 Å². The summed E-state index contributed by atoms with van der Waals surface area (Å²) < 4.78 is 45.4. The zero-order chi connectivity index (χ0) is 15.9. The topological polar surface area (TPSA) is 67.4 Å². The van der Waals surface area contributed by atoms with E-state index in [4.69, 9.17) is 4.74 Å². The summed E-state index contributed by atoms with van der Waals surface area (Å²) in [6, 6.07) is 3.73. The van der Waals surface area contributed by atoms with Crippen molar-refractivity contribution >= 4 is 10.0 Å². The Morgan fingerprint density at radius 3 is 2.67 bits per heavy atom. The normalized spacial score (nSPS) is 13.3. The van der Waals surface area contributed by atoms with Gasteiger partial charge < -0.3 is 10.1 Å². The molecule has 0 spiro atoms. The van der Waals surface area contributed by atoms with E-state index in [1.807, 2.05) is 6.92 Å². The minimum atomic E-state index is -3.88. The van der Waals surface area contributed by atoms with Gasteiger partial charge in [-0.1, -0.05) is 13.0 Å². The van der Waals surface area contributed by atoms with E-state index in [1.54, 1.807) is 13.0 Å². The predicted octanol–water partition coefficient (Wildman–Crippen LogP) is 1.64. The Kier molecular flexibility index (Phi) is 7.24. The van der Waals surface area contributed by atoms with Crippen LogP contribution in [0.2, 0.25) is 0 Å². The van der Waals surface area contributed by atoms with E-state index in [0.29, 0.717) is 12.1 Å². The fraction of sp³-hybridized carbons (Fsp3) is 0.571. The Hall–Kier alpha value is -1.02. The van der Waals surface area contributed by atoms with Crippen molar-refractivity contribution in [2.24, 2.45) is 0 Å². The molecular weight excluding hydrogens is 295 g/mol. The number of hydrogen-bond acceptors (Lipinski definition) is 4. The van der Waals surface area contributed by atoms with Gasteiger partial charge in [0, 0.05) is 19.7 Å². The van der Waals surface area contributed by atoms with Crippen LogP contribution in [0.5, 0.6) is 0 Å². The second-order valence-corrected chi connectivity index (χ2v) is 6.60. The van der Waals surface area contributed by atoms with Crippen molar-refractivity contribution in [2.45, 2.75) is 37.8 Å². The molecule has 0 aliphatic rings. The number of nitrogens with one attached hydrogen (secondary N) is 2. The molecule has 120 valence electrons. The highest BCUT2D eigenvalue weighted by Gasteiger charge is 2.21. The summed E-state index contributed by atoms with van der Waals surface area (Å²) >= 11 is 0. The molecule has 0 heterocycles. The number of benzene rings is 1. The monoisotopic (exact) mass is 318 g/mol. The summed E-state index contributed by atoms with van der Waals surface area (Å²) in [4.78, 5) is -0.343. The number of sulfonamides is 1. The molecule has 1 rings (SSSR count). The average molecular weight is 318 g/mol. The van der Waals surface area contributed by atoms with E-state index < -0.39 is 21.9 Å². The van der Waals surface area contributed by atoms with Crippen molar-refractivity contribution in [3.05, 3.63) is 29.6 Å². The van der Waals surface area contributed by atoms with E-state index in [2.05, 4.69) is 10.0 Å². The Labute approximate surface area is 125 Å². The Balaban J connectivity index is 2.83. The van der Waals surface area contributed by atoms with Crippen molar-refractivity contribution in [1.29, 1.82) is 0 Å². The molecule has 0 saturated carbocycles. The van der Waals surface area contributed by atoms with E-state index in [1.165, 1.54) is 19.2 Å². The van der Waals surface area contributed by atoms with Crippen molar-refractivity contribution in [3.8, 4) is 0 Å². The van der Waals surface area contributed by atoms with E-state index in [-0.39, 0.29) is 11.5 Å². The summed E-state index contributed by atoms with van der Waals surface area (Å²) in [6.45, 7) is 5.26.